The third kappa shape index (κ3) is 3.10. The van der Waals surface area contributed by atoms with Gasteiger partial charge in [0.25, 0.3) is 5.91 Å². The molecule has 2 rings (SSSR count). The van der Waals surface area contributed by atoms with Crippen LogP contribution >= 0.6 is 11.3 Å². The molecule has 0 radical (unpaired) electrons. The van der Waals surface area contributed by atoms with Gasteiger partial charge in [-0.25, -0.2) is 9.78 Å². The zero-order chi connectivity index (χ0) is 13.8. The van der Waals surface area contributed by atoms with E-state index in [-0.39, 0.29) is 11.4 Å². The fraction of sp³-hybridized carbons (Fsp3) is 0.182. The van der Waals surface area contributed by atoms with Crippen LogP contribution < -0.4 is 5.32 Å². The first-order valence-corrected chi connectivity index (χ1v) is 6.08. The molecule has 0 aliphatic rings. The van der Waals surface area contributed by atoms with Crippen LogP contribution in [-0.4, -0.2) is 34.2 Å². The fourth-order valence-electron chi connectivity index (χ4n) is 1.29. The number of methoxy groups -OCH3 is 1. The number of nitrogens with zero attached hydrogens (tertiary/aromatic N) is 3. The monoisotopic (exact) mass is 278 g/mol. The Balaban J connectivity index is 2.17. The predicted molar refractivity (Wildman–Crippen MR) is 68.2 cm³/mol. The molecule has 0 saturated heterocycles. The van der Waals surface area contributed by atoms with E-state index in [4.69, 9.17) is 0 Å². The Hall–Kier alpha value is -2.35. The highest BCUT2D eigenvalue weighted by Crippen LogP contribution is 2.14. The van der Waals surface area contributed by atoms with Gasteiger partial charge in [-0.15, -0.1) is 10.2 Å². The summed E-state index contributed by atoms with van der Waals surface area (Å²) in [5, 5.41) is 11.2. The second kappa shape index (κ2) is 5.53. The van der Waals surface area contributed by atoms with Gasteiger partial charge in [0, 0.05) is 0 Å². The summed E-state index contributed by atoms with van der Waals surface area (Å²) in [6.07, 6.45) is 0. The number of pyridine rings is 1. The molecule has 0 aliphatic carbocycles. The molecule has 0 atom stereocenters. The van der Waals surface area contributed by atoms with Gasteiger partial charge in [0.2, 0.25) is 5.13 Å². The molecule has 1 amide bonds. The summed E-state index contributed by atoms with van der Waals surface area (Å²) in [4.78, 5) is 27.1. The Morgan fingerprint density at radius 2 is 2.00 bits per heavy atom. The van der Waals surface area contributed by atoms with Gasteiger partial charge in [-0.3, -0.25) is 10.1 Å². The van der Waals surface area contributed by atoms with Crippen molar-refractivity contribution in [2.75, 3.05) is 12.4 Å². The maximum atomic E-state index is 11.9. The summed E-state index contributed by atoms with van der Waals surface area (Å²) in [6.45, 7) is 1.78. The molecule has 2 aromatic rings. The number of carbonyl (C=O) groups excluding carboxylic acids is 2. The number of aryl methyl sites for hydroxylation is 1. The number of hydrogen-bond acceptors (Lipinski definition) is 7. The van der Waals surface area contributed by atoms with Crippen molar-refractivity contribution in [2.45, 2.75) is 6.92 Å². The van der Waals surface area contributed by atoms with Crippen LogP contribution in [0.25, 0.3) is 0 Å². The van der Waals surface area contributed by atoms with Crippen molar-refractivity contribution in [3.63, 3.8) is 0 Å². The highest BCUT2D eigenvalue weighted by atomic mass is 32.1. The number of hydrogen-bond donors (Lipinski definition) is 1. The van der Waals surface area contributed by atoms with Gasteiger partial charge < -0.3 is 4.74 Å². The van der Waals surface area contributed by atoms with E-state index in [1.807, 2.05) is 0 Å². The van der Waals surface area contributed by atoms with Gasteiger partial charge >= 0.3 is 5.97 Å². The van der Waals surface area contributed by atoms with E-state index >= 15 is 0 Å². The summed E-state index contributed by atoms with van der Waals surface area (Å²) >= 11 is 1.25. The number of amides is 1. The van der Waals surface area contributed by atoms with E-state index in [0.717, 1.165) is 5.01 Å². The molecule has 0 aromatic carbocycles. The Bertz CT molecular complexity index is 626. The van der Waals surface area contributed by atoms with E-state index in [1.54, 1.807) is 13.0 Å². The molecular formula is C11H10N4O3S. The standard InChI is InChI=1S/C11H10N4O3S/c1-6-14-15-11(19-6)13-9(16)7-4-3-5-8(12-7)10(17)18-2/h3-5H,1-2H3,(H,13,15,16). The first-order valence-electron chi connectivity index (χ1n) is 5.27. The van der Waals surface area contributed by atoms with Crippen molar-refractivity contribution in [1.82, 2.24) is 15.2 Å². The molecule has 0 aliphatic heterocycles. The van der Waals surface area contributed by atoms with Crippen LogP contribution in [-0.2, 0) is 4.74 Å². The lowest BCUT2D eigenvalue weighted by Crippen LogP contribution is -2.15. The van der Waals surface area contributed by atoms with Crippen molar-refractivity contribution >= 4 is 28.3 Å². The van der Waals surface area contributed by atoms with Crippen molar-refractivity contribution in [3.05, 3.63) is 34.6 Å². The van der Waals surface area contributed by atoms with Crippen LogP contribution in [0.15, 0.2) is 18.2 Å². The van der Waals surface area contributed by atoms with Gasteiger partial charge in [0.15, 0.2) is 0 Å². The van der Waals surface area contributed by atoms with Crippen LogP contribution in [0.3, 0.4) is 0 Å². The Labute approximate surface area is 112 Å². The molecule has 0 spiro atoms. The second-order valence-electron chi connectivity index (χ2n) is 3.48. The van der Waals surface area contributed by atoms with Gasteiger partial charge in [0.05, 0.1) is 7.11 Å². The zero-order valence-electron chi connectivity index (χ0n) is 10.2. The maximum absolute atomic E-state index is 11.9. The number of nitrogens with one attached hydrogen (secondary N) is 1. The van der Waals surface area contributed by atoms with Crippen LogP contribution in [0.4, 0.5) is 5.13 Å². The Kier molecular flexibility index (Phi) is 3.81. The molecule has 19 heavy (non-hydrogen) atoms. The third-order valence-corrected chi connectivity index (χ3v) is 2.88. The normalized spacial score (nSPS) is 10.0. The average molecular weight is 278 g/mol. The van der Waals surface area contributed by atoms with Crippen LogP contribution in [0.1, 0.15) is 26.0 Å². The number of rotatable bonds is 3. The van der Waals surface area contributed by atoms with Gasteiger partial charge in [0.1, 0.15) is 16.4 Å². The lowest BCUT2D eigenvalue weighted by Gasteiger charge is -2.02. The predicted octanol–water partition coefficient (Wildman–Crippen LogP) is 1.28. The minimum atomic E-state index is -0.596. The van der Waals surface area contributed by atoms with E-state index in [9.17, 15) is 9.59 Å². The Morgan fingerprint density at radius 3 is 2.63 bits per heavy atom. The summed E-state index contributed by atoms with van der Waals surface area (Å²) in [5.74, 6) is -1.05. The number of anilines is 1. The van der Waals surface area contributed by atoms with Crippen LogP contribution in [0.5, 0.6) is 0 Å². The van der Waals surface area contributed by atoms with Crippen molar-refractivity contribution in [2.24, 2.45) is 0 Å². The average Bonchev–Trinajstić information content (AvgIpc) is 2.83. The third-order valence-electron chi connectivity index (χ3n) is 2.12. The van der Waals surface area contributed by atoms with Gasteiger partial charge in [-0.2, -0.15) is 0 Å². The number of esters is 1. The topological polar surface area (TPSA) is 94.1 Å². The minimum absolute atomic E-state index is 0.0728. The summed E-state index contributed by atoms with van der Waals surface area (Å²) < 4.78 is 4.54. The molecule has 7 nitrogen and oxygen atoms in total. The molecule has 2 heterocycles. The molecule has 0 bridgehead atoms. The van der Waals surface area contributed by atoms with Crippen LogP contribution in [0, 0.1) is 6.92 Å². The van der Waals surface area contributed by atoms with Gasteiger partial charge in [-0.1, -0.05) is 17.4 Å². The lowest BCUT2D eigenvalue weighted by atomic mass is 10.3. The first-order chi connectivity index (χ1) is 9.10. The molecule has 8 heteroatoms. The van der Waals surface area contributed by atoms with E-state index in [0.29, 0.717) is 5.13 Å². The smallest absolute Gasteiger partial charge is 0.356 e. The summed E-state index contributed by atoms with van der Waals surface area (Å²) in [7, 11) is 1.25. The summed E-state index contributed by atoms with van der Waals surface area (Å²) in [6, 6.07) is 4.52. The number of aromatic nitrogens is 3. The highest BCUT2D eigenvalue weighted by Gasteiger charge is 2.13. The quantitative estimate of drug-likeness (QED) is 0.850. The van der Waals surface area contributed by atoms with E-state index < -0.39 is 11.9 Å². The number of ether oxygens (including phenoxy) is 1. The summed E-state index contributed by atoms with van der Waals surface area (Å²) in [5.41, 5.74) is 0.180. The van der Waals surface area contributed by atoms with Gasteiger partial charge in [-0.05, 0) is 19.1 Å². The van der Waals surface area contributed by atoms with Crippen molar-refractivity contribution in [1.29, 1.82) is 0 Å². The molecular weight excluding hydrogens is 268 g/mol. The number of carbonyl (C=O) groups is 2. The maximum Gasteiger partial charge on any atom is 0.356 e. The molecule has 98 valence electrons. The fourth-order valence-corrected chi connectivity index (χ4v) is 1.87. The molecule has 0 saturated carbocycles. The molecule has 0 unspecified atom stereocenters. The molecule has 2 aromatic heterocycles. The van der Waals surface area contributed by atoms with Crippen molar-refractivity contribution < 1.29 is 14.3 Å². The van der Waals surface area contributed by atoms with E-state index in [2.05, 4.69) is 25.2 Å². The highest BCUT2D eigenvalue weighted by molar-refractivity contribution is 7.15. The van der Waals surface area contributed by atoms with E-state index in [1.165, 1.54) is 30.6 Å². The minimum Gasteiger partial charge on any atom is -0.464 e. The SMILES string of the molecule is COC(=O)c1cccc(C(=O)Nc2nnc(C)s2)n1. The first kappa shape index (κ1) is 13.1. The zero-order valence-corrected chi connectivity index (χ0v) is 11.0. The Morgan fingerprint density at radius 1 is 1.26 bits per heavy atom. The lowest BCUT2D eigenvalue weighted by molar-refractivity contribution is 0.0594. The molecule has 0 fully saturated rings. The van der Waals surface area contributed by atoms with Crippen molar-refractivity contribution in [3.8, 4) is 0 Å². The second-order valence-corrected chi connectivity index (χ2v) is 4.66. The van der Waals surface area contributed by atoms with Crippen LogP contribution in [0.2, 0.25) is 0 Å². The largest absolute Gasteiger partial charge is 0.464 e. The molecule has 1 N–H and O–H groups in total.